The summed E-state index contributed by atoms with van der Waals surface area (Å²) < 4.78 is 42.2. The van der Waals surface area contributed by atoms with Gasteiger partial charge in [0.15, 0.2) is 6.04 Å². The van der Waals surface area contributed by atoms with Crippen LogP contribution in [0.4, 0.5) is 18.9 Å². The molecule has 1 saturated heterocycles. The van der Waals surface area contributed by atoms with Crippen LogP contribution in [0.15, 0.2) is 42.6 Å². The molecule has 6 nitrogen and oxygen atoms in total. The predicted molar refractivity (Wildman–Crippen MR) is 127 cm³/mol. The first-order chi connectivity index (χ1) is 16.4. The van der Waals surface area contributed by atoms with Gasteiger partial charge in [0.1, 0.15) is 0 Å². The van der Waals surface area contributed by atoms with Crippen molar-refractivity contribution in [1.29, 1.82) is 0 Å². The lowest BCUT2D eigenvalue weighted by Crippen LogP contribution is -2.46. The number of likely N-dealkylation sites (tertiary alicyclic amines) is 1. The number of nitrogens with one attached hydrogen (secondary N) is 1. The van der Waals surface area contributed by atoms with E-state index in [-0.39, 0.29) is 29.5 Å². The molecule has 188 valence electrons. The minimum Gasteiger partial charge on any atom is -0.380 e. The van der Waals surface area contributed by atoms with Gasteiger partial charge in [-0.15, -0.1) is 0 Å². The Labute approximate surface area is 203 Å². The quantitative estimate of drug-likeness (QED) is 0.681. The monoisotopic (exact) mass is 488 g/mol. The molecule has 4 rings (SSSR count). The second-order valence-electron chi connectivity index (χ2n) is 10.1. The van der Waals surface area contributed by atoms with Gasteiger partial charge in [-0.1, -0.05) is 38.1 Å². The van der Waals surface area contributed by atoms with Gasteiger partial charge in [-0.05, 0) is 36.1 Å². The fourth-order valence-corrected chi connectivity index (χ4v) is 5.23. The number of anilines is 1. The average molecular weight is 489 g/mol. The van der Waals surface area contributed by atoms with E-state index < -0.39 is 24.0 Å². The molecule has 1 fully saturated rings. The fraction of sp³-hybridized carbons (Fsp3) is 0.500. The SMILES string of the molecule is CN1CCC(C(=O)N(C)[C@@H](c2ccc(N[C@H]3Cc4ccccc4C3(C)C)cn2)C(F)(F)F)CC1=O. The Morgan fingerprint density at radius 3 is 2.51 bits per heavy atom. The molecule has 0 spiro atoms. The van der Waals surface area contributed by atoms with E-state index in [1.165, 1.54) is 28.3 Å². The van der Waals surface area contributed by atoms with Gasteiger partial charge in [0.05, 0.1) is 17.6 Å². The predicted octanol–water partition coefficient (Wildman–Crippen LogP) is 4.33. The third-order valence-electron chi connectivity index (χ3n) is 7.47. The van der Waals surface area contributed by atoms with Crippen molar-refractivity contribution >= 4 is 17.5 Å². The molecule has 2 amide bonds. The number of carbonyl (C=O) groups is 2. The number of piperidine rings is 1. The van der Waals surface area contributed by atoms with Crippen molar-refractivity contribution in [3.8, 4) is 0 Å². The zero-order valence-corrected chi connectivity index (χ0v) is 20.4. The molecule has 1 aliphatic carbocycles. The third kappa shape index (κ3) is 4.86. The number of benzene rings is 1. The van der Waals surface area contributed by atoms with Gasteiger partial charge >= 0.3 is 6.18 Å². The second-order valence-corrected chi connectivity index (χ2v) is 10.1. The first kappa shape index (κ1) is 25.0. The van der Waals surface area contributed by atoms with E-state index >= 15 is 0 Å². The number of hydrogen-bond acceptors (Lipinski definition) is 4. The van der Waals surface area contributed by atoms with Crippen molar-refractivity contribution in [2.75, 3.05) is 26.0 Å². The summed E-state index contributed by atoms with van der Waals surface area (Å²) in [4.78, 5) is 31.2. The Morgan fingerprint density at radius 2 is 1.91 bits per heavy atom. The Balaban J connectivity index is 1.51. The normalized spacial score (nSPS) is 22.5. The van der Waals surface area contributed by atoms with E-state index in [0.717, 1.165) is 13.5 Å². The lowest BCUT2D eigenvalue weighted by Gasteiger charge is -2.35. The van der Waals surface area contributed by atoms with Gasteiger partial charge in [0.25, 0.3) is 0 Å². The maximum atomic E-state index is 14.1. The van der Waals surface area contributed by atoms with Crippen LogP contribution in [0, 0.1) is 5.92 Å². The summed E-state index contributed by atoms with van der Waals surface area (Å²) in [5.74, 6) is -1.69. The zero-order valence-electron chi connectivity index (χ0n) is 20.4. The number of hydrogen-bond donors (Lipinski definition) is 1. The van der Waals surface area contributed by atoms with Crippen molar-refractivity contribution in [3.63, 3.8) is 0 Å². The first-order valence-electron chi connectivity index (χ1n) is 11.8. The Morgan fingerprint density at radius 1 is 1.20 bits per heavy atom. The van der Waals surface area contributed by atoms with Crippen molar-refractivity contribution in [2.45, 2.75) is 56.8 Å². The smallest absolute Gasteiger partial charge is 0.380 e. The summed E-state index contributed by atoms with van der Waals surface area (Å²) in [6.07, 6.45) is -2.25. The highest BCUT2D eigenvalue weighted by atomic mass is 19.4. The molecule has 35 heavy (non-hydrogen) atoms. The molecule has 0 saturated carbocycles. The van der Waals surface area contributed by atoms with E-state index in [0.29, 0.717) is 23.6 Å². The van der Waals surface area contributed by atoms with E-state index in [2.05, 4.69) is 36.3 Å². The topological polar surface area (TPSA) is 65.5 Å². The maximum absolute atomic E-state index is 14.1. The third-order valence-corrected chi connectivity index (χ3v) is 7.47. The number of pyridine rings is 1. The molecule has 0 bridgehead atoms. The Bertz CT molecular complexity index is 1100. The van der Waals surface area contributed by atoms with Crippen LogP contribution < -0.4 is 5.32 Å². The minimum absolute atomic E-state index is 0.0668. The van der Waals surface area contributed by atoms with Gasteiger partial charge < -0.3 is 15.1 Å². The maximum Gasteiger partial charge on any atom is 0.414 e. The van der Waals surface area contributed by atoms with E-state index in [4.69, 9.17) is 0 Å². The van der Waals surface area contributed by atoms with Crippen molar-refractivity contribution in [2.24, 2.45) is 5.92 Å². The highest BCUT2D eigenvalue weighted by Gasteiger charge is 2.47. The van der Waals surface area contributed by atoms with Crippen LogP contribution in [0.1, 0.15) is 49.6 Å². The summed E-state index contributed by atoms with van der Waals surface area (Å²) in [6.45, 7) is 4.64. The molecule has 3 atom stereocenters. The van der Waals surface area contributed by atoms with Crippen LogP contribution in [-0.4, -0.2) is 59.5 Å². The molecular weight excluding hydrogens is 457 g/mol. The lowest BCUT2D eigenvalue weighted by molar-refractivity contribution is -0.192. The highest BCUT2D eigenvalue weighted by Crippen LogP contribution is 2.41. The number of alkyl halides is 3. The summed E-state index contributed by atoms with van der Waals surface area (Å²) in [5, 5.41) is 3.43. The summed E-state index contributed by atoms with van der Waals surface area (Å²) in [7, 11) is 2.76. The number of fused-ring (bicyclic) bond motifs is 1. The standard InChI is InChI=1S/C26H31F3N4O2/c1-25(2)19-8-6-5-7-16(19)13-21(25)31-18-9-10-20(30-15-18)23(26(27,28)29)33(4)24(35)17-11-12-32(3)22(34)14-17/h5-10,15,17,21,23,31H,11-14H2,1-4H3/t17?,21-,23-/m0/s1. The molecule has 1 aliphatic heterocycles. The van der Waals surface area contributed by atoms with Gasteiger partial charge in [-0.3, -0.25) is 14.6 Å². The number of halogens is 3. The molecule has 0 radical (unpaired) electrons. The lowest BCUT2D eigenvalue weighted by atomic mass is 9.83. The van der Waals surface area contributed by atoms with Crippen molar-refractivity contribution < 1.29 is 22.8 Å². The minimum atomic E-state index is -4.71. The molecule has 1 aromatic heterocycles. The van der Waals surface area contributed by atoms with Crippen LogP contribution in [0.25, 0.3) is 0 Å². The van der Waals surface area contributed by atoms with Gasteiger partial charge in [-0.25, -0.2) is 0 Å². The number of aromatic nitrogens is 1. The Kier molecular flexibility index (Phi) is 6.55. The van der Waals surface area contributed by atoms with Crippen LogP contribution >= 0.6 is 0 Å². The summed E-state index contributed by atoms with van der Waals surface area (Å²) >= 11 is 0. The van der Waals surface area contributed by atoms with Crippen molar-refractivity contribution in [1.82, 2.24) is 14.8 Å². The van der Waals surface area contributed by atoms with E-state index in [1.54, 1.807) is 13.1 Å². The largest absolute Gasteiger partial charge is 0.414 e. The fourth-order valence-electron chi connectivity index (χ4n) is 5.23. The van der Waals surface area contributed by atoms with E-state index in [9.17, 15) is 22.8 Å². The van der Waals surface area contributed by atoms with Gasteiger partial charge in [-0.2, -0.15) is 13.2 Å². The molecule has 1 N–H and O–H groups in total. The second kappa shape index (κ2) is 9.17. The molecular formula is C26H31F3N4O2. The Hall–Kier alpha value is -3.10. The number of amides is 2. The average Bonchev–Trinajstić information content (AvgIpc) is 3.05. The number of rotatable bonds is 5. The van der Waals surface area contributed by atoms with Crippen LogP contribution in [-0.2, 0) is 21.4 Å². The van der Waals surface area contributed by atoms with Crippen LogP contribution in [0.2, 0.25) is 0 Å². The molecule has 1 unspecified atom stereocenters. The molecule has 9 heteroatoms. The van der Waals surface area contributed by atoms with E-state index in [1.807, 2.05) is 12.1 Å². The van der Waals surface area contributed by atoms with Gasteiger partial charge in [0, 0.05) is 44.4 Å². The summed E-state index contributed by atoms with van der Waals surface area (Å²) in [5.41, 5.74) is 2.72. The molecule has 2 heterocycles. The molecule has 1 aromatic carbocycles. The zero-order chi connectivity index (χ0) is 25.5. The number of nitrogens with zero attached hydrogens (tertiary/aromatic N) is 3. The van der Waals surface area contributed by atoms with Crippen LogP contribution in [0.3, 0.4) is 0 Å². The van der Waals surface area contributed by atoms with Crippen LogP contribution in [0.5, 0.6) is 0 Å². The molecule has 2 aromatic rings. The number of carbonyl (C=O) groups excluding carboxylic acids is 2. The van der Waals surface area contributed by atoms with Crippen molar-refractivity contribution in [3.05, 3.63) is 59.4 Å². The summed E-state index contributed by atoms with van der Waals surface area (Å²) in [6, 6.07) is 9.00. The molecule has 2 aliphatic rings. The first-order valence-corrected chi connectivity index (χ1v) is 11.8. The van der Waals surface area contributed by atoms with Gasteiger partial charge in [0.2, 0.25) is 11.8 Å². The highest BCUT2D eigenvalue weighted by molar-refractivity contribution is 5.87.